The lowest BCUT2D eigenvalue weighted by molar-refractivity contribution is -0.129. The van der Waals surface area contributed by atoms with Crippen LogP contribution in [0.1, 0.15) is 41.3 Å². The summed E-state index contributed by atoms with van der Waals surface area (Å²) in [5.41, 5.74) is 1.29. The van der Waals surface area contributed by atoms with Gasteiger partial charge in [-0.15, -0.1) is 11.3 Å². The van der Waals surface area contributed by atoms with Gasteiger partial charge >= 0.3 is 0 Å². The van der Waals surface area contributed by atoms with Gasteiger partial charge < -0.3 is 10.0 Å². The third-order valence-electron chi connectivity index (χ3n) is 4.42. The molecule has 0 radical (unpaired) electrons. The number of aliphatic hydroxyl groups excluding tert-OH is 1. The number of hydrogen-bond donors (Lipinski definition) is 1. The van der Waals surface area contributed by atoms with Gasteiger partial charge in [0.15, 0.2) is 0 Å². The van der Waals surface area contributed by atoms with Crippen LogP contribution in [-0.2, 0) is 24.2 Å². The highest BCUT2D eigenvalue weighted by atomic mass is 32.1. The largest absolute Gasteiger partial charge is 0.390 e. The zero-order valence-corrected chi connectivity index (χ0v) is 14.1. The molecule has 1 aliphatic carbocycles. The van der Waals surface area contributed by atoms with E-state index in [-0.39, 0.29) is 5.91 Å². The maximum atomic E-state index is 11.6. The molecular weight excluding hydrogens is 298 g/mol. The zero-order chi connectivity index (χ0) is 15.5. The number of aliphatic hydroxyl groups is 1. The van der Waals surface area contributed by atoms with Crippen LogP contribution in [0.25, 0.3) is 0 Å². The second-order valence-electron chi connectivity index (χ2n) is 6.48. The number of carbonyl (C=O) groups excluding carboxylic acids is 1. The van der Waals surface area contributed by atoms with Crippen molar-refractivity contribution in [1.82, 2.24) is 14.8 Å². The van der Waals surface area contributed by atoms with E-state index in [9.17, 15) is 9.90 Å². The molecule has 1 saturated heterocycles. The SMILES string of the molecule is CN(Cc1nc2c(s1)CCCC2)CC(O)CN1CCCC1=O. The molecule has 1 aliphatic heterocycles. The Morgan fingerprint density at radius 3 is 2.86 bits per heavy atom. The predicted molar refractivity (Wildman–Crippen MR) is 86.9 cm³/mol. The summed E-state index contributed by atoms with van der Waals surface area (Å²) in [4.78, 5) is 21.7. The van der Waals surface area contributed by atoms with Gasteiger partial charge in [-0.25, -0.2) is 4.98 Å². The van der Waals surface area contributed by atoms with Gasteiger partial charge in [0, 0.05) is 30.9 Å². The minimum Gasteiger partial charge on any atom is -0.390 e. The van der Waals surface area contributed by atoms with E-state index in [4.69, 9.17) is 4.98 Å². The molecule has 3 rings (SSSR count). The number of nitrogens with zero attached hydrogens (tertiary/aromatic N) is 3. The Hall–Kier alpha value is -0.980. The third kappa shape index (κ3) is 3.86. The summed E-state index contributed by atoms with van der Waals surface area (Å²) in [6.07, 6.45) is 5.91. The second kappa shape index (κ2) is 7.06. The molecule has 1 aromatic rings. The van der Waals surface area contributed by atoms with Crippen LogP contribution >= 0.6 is 11.3 Å². The number of fused-ring (bicyclic) bond motifs is 1. The van der Waals surface area contributed by atoms with Crippen molar-refractivity contribution in [2.75, 3.05) is 26.7 Å². The molecule has 0 saturated carbocycles. The van der Waals surface area contributed by atoms with Gasteiger partial charge in [-0.05, 0) is 39.2 Å². The standard InChI is InChI=1S/C16H25N3O2S/c1-18(9-12(20)10-19-8-4-7-16(19)21)11-15-17-13-5-2-3-6-14(13)22-15/h12,20H,2-11H2,1H3. The van der Waals surface area contributed by atoms with E-state index >= 15 is 0 Å². The summed E-state index contributed by atoms with van der Waals surface area (Å²) in [6.45, 7) is 2.60. The number of thiazole rings is 1. The Morgan fingerprint density at radius 1 is 1.32 bits per heavy atom. The molecular formula is C16H25N3O2S. The Bertz CT molecular complexity index is 508. The molecule has 1 unspecified atom stereocenters. The molecule has 0 bridgehead atoms. The Labute approximate surface area is 135 Å². The first-order valence-electron chi connectivity index (χ1n) is 8.23. The number of aryl methyl sites for hydroxylation is 2. The van der Waals surface area contributed by atoms with Crippen molar-refractivity contribution in [1.29, 1.82) is 0 Å². The van der Waals surface area contributed by atoms with E-state index in [2.05, 4.69) is 4.90 Å². The normalized spacial score (nSPS) is 19.8. The first-order valence-corrected chi connectivity index (χ1v) is 9.05. The predicted octanol–water partition coefficient (Wildman–Crippen LogP) is 1.44. The van der Waals surface area contributed by atoms with Crippen LogP contribution in [0, 0.1) is 0 Å². The monoisotopic (exact) mass is 323 g/mol. The number of carbonyl (C=O) groups is 1. The number of amides is 1. The number of likely N-dealkylation sites (tertiary alicyclic amines) is 1. The molecule has 1 fully saturated rings. The maximum absolute atomic E-state index is 11.6. The lowest BCUT2D eigenvalue weighted by Crippen LogP contribution is -2.39. The van der Waals surface area contributed by atoms with Crippen LogP contribution in [0.15, 0.2) is 0 Å². The van der Waals surface area contributed by atoms with Crippen molar-refractivity contribution in [3.05, 3.63) is 15.6 Å². The van der Waals surface area contributed by atoms with Crippen molar-refractivity contribution in [2.45, 2.75) is 51.2 Å². The summed E-state index contributed by atoms with van der Waals surface area (Å²) >= 11 is 1.83. The molecule has 22 heavy (non-hydrogen) atoms. The summed E-state index contributed by atoms with van der Waals surface area (Å²) in [5.74, 6) is 0.175. The average Bonchev–Trinajstić information content (AvgIpc) is 3.04. The smallest absolute Gasteiger partial charge is 0.222 e. The average molecular weight is 323 g/mol. The van der Waals surface area contributed by atoms with E-state index in [0.717, 1.165) is 30.9 Å². The van der Waals surface area contributed by atoms with E-state index in [1.807, 2.05) is 18.4 Å². The molecule has 0 aromatic carbocycles. The molecule has 5 nitrogen and oxygen atoms in total. The van der Waals surface area contributed by atoms with Crippen LogP contribution in [0.4, 0.5) is 0 Å². The van der Waals surface area contributed by atoms with E-state index in [1.54, 1.807) is 4.90 Å². The van der Waals surface area contributed by atoms with E-state index in [0.29, 0.717) is 19.5 Å². The van der Waals surface area contributed by atoms with E-state index in [1.165, 1.54) is 29.8 Å². The number of β-amino-alcohol motifs (C(OH)–C–C–N with tert-alkyl or cyclic N) is 1. The van der Waals surface area contributed by atoms with Gasteiger partial charge in [0.05, 0.1) is 18.3 Å². The fourth-order valence-corrected chi connectivity index (χ4v) is 4.57. The summed E-state index contributed by atoms with van der Waals surface area (Å²) < 4.78 is 0. The number of rotatable bonds is 6. The number of likely N-dealkylation sites (N-methyl/N-ethyl adjacent to an activating group) is 1. The van der Waals surface area contributed by atoms with Crippen molar-refractivity contribution in [3.63, 3.8) is 0 Å². The molecule has 0 spiro atoms. The van der Waals surface area contributed by atoms with Gasteiger partial charge in [0.2, 0.25) is 5.91 Å². The van der Waals surface area contributed by atoms with Crippen molar-refractivity contribution in [2.24, 2.45) is 0 Å². The Morgan fingerprint density at radius 2 is 2.14 bits per heavy atom. The van der Waals surface area contributed by atoms with Gasteiger partial charge in [0.1, 0.15) is 5.01 Å². The van der Waals surface area contributed by atoms with Crippen LogP contribution in [0.2, 0.25) is 0 Å². The fraction of sp³-hybridized carbons (Fsp3) is 0.750. The molecule has 1 amide bonds. The third-order valence-corrected chi connectivity index (χ3v) is 5.56. The molecule has 1 N–H and O–H groups in total. The van der Waals surface area contributed by atoms with Crippen LogP contribution in [0.5, 0.6) is 0 Å². The molecule has 2 aliphatic rings. The van der Waals surface area contributed by atoms with Crippen LogP contribution < -0.4 is 0 Å². The minimum atomic E-state index is -0.485. The Kier molecular flexibility index (Phi) is 5.10. The number of hydrogen-bond acceptors (Lipinski definition) is 5. The van der Waals surface area contributed by atoms with Gasteiger partial charge in [-0.2, -0.15) is 0 Å². The van der Waals surface area contributed by atoms with Crippen molar-refractivity contribution in [3.8, 4) is 0 Å². The fourth-order valence-electron chi connectivity index (χ4n) is 3.34. The lowest BCUT2D eigenvalue weighted by Gasteiger charge is -2.23. The van der Waals surface area contributed by atoms with Crippen LogP contribution in [-0.4, -0.2) is 58.6 Å². The van der Waals surface area contributed by atoms with E-state index < -0.39 is 6.10 Å². The molecule has 1 aromatic heterocycles. The topological polar surface area (TPSA) is 56.7 Å². The Balaban J connectivity index is 1.48. The lowest BCUT2D eigenvalue weighted by atomic mass is 10.0. The highest BCUT2D eigenvalue weighted by Gasteiger charge is 2.23. The van der Waals surface area contributed by atoms with Crippen molar-refractivity contribution < 1.29 is 9.90 Å². The van der Waals surface area contributed by atoms with Gasteiger partial charge in [-0.1, -0.05) is 0 Å². The van der Waals surface area contributed by atoms with Crippen LogP contribution in [0.3, 0.4) is 0 Å². The maximum Gasteiger partial charge on any atom is 0.222 e. The summed E-state index contributed by atoms with van der Waals surface area (Å²) in [5, 5.41) is 11.3. The molecule has 122 valence electrons. The first kappa shape index (κ1) is 15.9. The molecule has 1 atom stereocenters. The van der Waals surface area contributed by atoms with Gasteiger partial charge in [-0.3, -0.25) is 9.69 Å². The van der Waals surface area contributed by atoms with Crippen molar-refractivity contribution >= 4 is 17.2 Å². The minimum absolute atomic E-state index is 0.175. The first-order chi connectivity index (χ1) is 10.6. The zero-order valence-electron chi connectivity index (χ0n) is 13.3. The summed E-state index contributed by atoms with van der Waals surface area (Å²) in [6, 6.07) is 0. The highest BCUT2D eigenvalue weighted by Crippen LogP contribution is 2.27. The molecule has 6 heteroatoms. The highest BCUT2D eigenvalue weighted by molar-refractivity contribution is 7.11. The quantitative estimate of drug-likeness (QED) is 0.861. The van der Waals surface area contributed by atoms with Gasteiger partial charge in [0.25, 0.3) is 0 Å². The molecule has 2 heterocycles. The second-order valence-corrected chi connectivity index (χ2v) is 7.65. The summed E-state index contributed by atoms with van der Waals surface area (Å²) in [7, 11) is 2.01. The number of aromatic nitrogens is 1.